The summed E-state index contributed by atoms with van der Waals surface area (Å²) in [5.74, 6) is 0.454. The van der Waals surface area contributed by atoms with Crippen LogP contribution in [0.2, 0.25) is 10.4 Å². The van der Waals surface area contributed by atoms with E-state index in [2.05, 4.69) is 95.7 Å². The summed E-state index contributed by atoms with van der Waals surface area (Å²) >= 11 is 5.54. The quantitative estimate of drug-likeness (QED) is 0.303. The van der Waals surface area contributed by atoms with Gasteiger partial charge in [-0.3, -0.25) is 0 Å². The van der Waals surface area contributed by atoms with E-state index in [0.29, 0.717) is 5.75 Å². The van der Waals surface area contributed by atoms with E-state index in [1.165, 1.54) is 15.7 Å². The molecule has 0 aliphatic rings. The predicted octanol–water partition coefficient (Wildman–Crippen LogP) is 7.03. The van der Waals surface area contributed by atoms with Crippen LogP contribution >= 0.6 is 15.0 Å². The van der Waals surface area contributed by atoms with Gasteiger partial charge in [-0.15, -0.1) is 0 Å². The van der Waals surface area contributed by atoms with Crippen molar-refractivity contribution in [3.8, 4) is 5.75 Å². The van der Waals surface area contributed by atoms with Gasteiger partial charge in [0.25, 0.3) is 0 Å². The number of phenolic OH excluding ortho intramolecular Hbond substituents is 1. The van der Waals surface area contributed by atoms with Crippen LogP contribution in [0.5, 0.6) is 5.75 Å². The second-order valence-corrected chi connectivity index (χ2v) is 26.3. The van der Waals surface area contributed by atoms with Gasteiger partial charge in [-0.05, 0) is 0 Å². The van der Waals surface area contributed by atoms with E-state index in [-0.39, 0.29) is 10.8 Å². The van der Waals surface area contributed by atoms with Crippen LogP contribution in [0.4, 0.5) is 0 Å². The molecule has 1 unspecified atom stereocenters. The van der Waals surface area contributed by atoms with Crippen molar-refractivity contribution in [2.45, 2.75) is 90.5 Å². The van der Waals surface area contributed by atoms with E-state index in [9.17, 15) is 5.11 Å². The van der Waals surface area contributed by atoms with Gasteiger partial charge in [-0.1, -0.05) is 0 Å². The van der Waals surface area contributed by atoms with Gasteiger partial charge in [0.15, 0.2) is 0 Å². The molecule has 1 N–H and O–H groups in total. The summed E-state index contributed by atoms with van der Waals surface area (Å²) in [6, 6.07) is 4.49. The van der Waals surface area contributed by atoms with Gasteiger partial charge < -0.3 is 0 Å². The van der Waals surface area contributed by atoms with E-state index >= 15 is 0 Å². The van der Waals surface area contributed by atoms with E-state index in [0.717, 1.165) is 24.2 Å². The van der Waals surface area contributed by atoms with Crippen LogP contribution in [0.1, 0.15) is 80.4 Å². The molecule has 0 radical (unpaired) electrons. The summed E-state index contributed by atoms with van der Waals surface area (Å²) in [6.07, 6.45) is 0. The first-order valence-corrected chi connectivity index (χ1v) is 19.5. The minimum absolute atomic E-state index is 0.124. The molecule has 0 fully saturated rings. The van der Waals surface area contributed by atoms with Crippen LogP contribution < -0.4 is 5.30 Å². The summed E-state index contributed by atoms with van der Waals surface area (Å²) in [4.78, 5) is 0. The SMILES string of the molecule is CCN(CC)P(=S)(S[As](CC)CC)c1cc(C(C)(C)C)c(O)c(C(C)(C)C)c1. The maximum absolute atomic E-state index is 11.1. The monoisotopic (exact) mass is 505 g/mol. The van der Waals surface area contributed by atoms with Gasteiger partial charge in [-0.25, -0.2) is 0 Å². The van der Waals surface area contributed by atoms with Crippen molar-refractivity contribution in [3.05, 3.63) is 23.3 Å². The van der Waals surface area contributed by atoms with E-state index in [1.54, 1.807) is 0 Å². The van der Waals surface area contributed by atoms with Crippen molar-refractivity contribution < 1.29 is 5.11 Å². The van der Waals surface area contributed by atoms with Crippen LogP contribution in [-0.4, -0.2) is 36.4 Å². The maximum atomic E-state index is 11.1. The topological polar surface area (TPSA) is 23.5 Å². The van der Waals surface area contributed by atoms with Gasteiger partial charge in [0.1, 0.15) is 0 Å². The Hall–Kier alpha value is 0.538. The van der Waals surface area contributed by atoms with E-state index in [4.69, 9.17) is 11.8 Å². The van der Waals surface area contributed by atoms with Crippen LogP contribution in [0.3, 0.4) is 0 Å². The Labute approximate surface area is 187 Å². The first-order valence-electron chi connectivity index (χ1n) is 10.4. The molecule has 1 aromatic carbocycles. The van der Waals surface area contributed by atoms with Crippen molar-refractivity contribution in [2.75, 3.05) is 13.1 Å². The van der Waals surface area contributed by atoms with Crippen molar-refractivity contribution in [2.24, 2.45) is 0 Å². The fourth-order valence-electron chi connectivity index (χ4n) is 3.28. The molecular formula is C22H41AsNOPS2. The van der Waals surface area contributed by atoms with Crippen LogP contribution in [0, 0.1) is 0 Å². The first-order chi connectivity index (χ1) is 12.8. The standard InChI is InChI=1S/C22H41AsNOPS2/c1-11-23(12-2)28-26(27,24(13-3)14-4)17-15-18(21(5,6)7)20(25)19(16-17)22(8,9)10/h15-16,25H,11-14H2,1-10H3. The molecule has 162 valence electrons. The molecule has 2 nitrogen and oxygen atoms in total. The number of hydrogen-bond donors (Lipinski definition) is 1. The van der Waals surface area contributed by atoms with E-state index < -0.39 is 18.9 Å². The first kappa shape index (κ1) is 26.6. The molecule has 0 heterocycles. The van der Waals surface area contributed by atoms with Crippen LogP contribution in [0.25, 0.3) is 0 Å². The third kappa shape index (κ3) is 6.04. The third-order valence-electron chi connectivity index (χ3n) is 5.07. The molecule has 1 atom stereocenters. The Morgan fingerprint density at radius 3 is 1.61 bits per heavy atom. The minimum atomic E-state index is -1.95. The molecule has 1 rings (SSSR count). The number of phenols is 1. The average molecular weight is 506 g/mol. The molecule has 28 heavy (non-hydrogen) atoms. The molecule has 6 heteroatoms. The molecule has 0 bridgehead atoms. The predicted molar refractivity (Wildman–Crippen MR) is 137 cm³/mol. The summed E-state index contributed by atoms with van der Waals surface area (Å²) in [5, 5.41) is 13.0. The van der Waals surface area contributed by atoms with Crippen molar-refractivity contribution in [1.29, 1.82) is 0 Å². The Morgan fingerprint density at radius 1 is 0.929 bits per heavy atom. The molecule has 1 aromatic rings. The Morgan fingerprint density at radius 2 is 1.32 bits per heavy atom. The van der Waals surface area contributed by atoms with Gasteiger partial charge in [0.05, 0.1) is 0 Å². The number of nitrogens with zero attached hydrogens (tertiary/aromatic N) is 1. The summed E-state index contributed by atoms with van der Waals surface area (Å²) < 4.78 is 2.53. The third-order valence-corrected chi connectivity index (χ3v) is 29.1. The zero-order valence-corrected chi connectivity index (χ0v) is 24.0. The number of hydrogen-bond acceptors (Lipinski definition) is 3. The molecule has 0 aliphatic heterocycles. The van der Waals surface area contributed by atoms with Gasteiger partial charge in [-0.2, -0.15) is 0 Å². The molecule has 0 saturated carbocycles. The Balaban J connectivity index is 3.85. The van der Waals surface area contributed by atoms with Gasteiger partial charge in [0.2, 0.25) is 0 Å². The van der Waals surface area contributed by atoms with Crippen molar-refractivity contribution >= 4 is 45.6 Å². The summed E-state index contributed by atoms with van der Waals surface area (Å²) in [6.45, 7) is 24.2. The normalized spacial score (nSPS) is 15.3. The average Bonchev–Trinajstić information content (AvgIpc) is 2.58. The zero-order valence-electron chi connectivity index (χ0n) is 19.6. The molecular weight excluding hydrogens is 464 g/mol. The zero-order chi connectivity index (χ0) is 21.9. The van der Waals surface area contributed by atoms with Gasteiger partial charge in [0, 0.05) is 0 Å². The summed E-state index contributed by atoms with van der Waals surface area (Å²) in [5.41, 5.74) is 1.82. The van der Waals surface area contributed by atoms with Crippen molar-refractivity contribution in [1.82, 2.24) is 4.67 Å². The number of aromatic hydroxyl groups is 1. The fourth-order valence-corrected chi connectivity index (χ4v) is 29.3. The van der Waals surface area contributed by atoms with Crippen LogP contribution in [-0.2, 0) is 22.6 Å². The van der Waals surface area contributed by atoms with Crippen molar-refractivity contribution in [3.63, 3.8) is 0 Å². The molecule has 0 spiro atoms. The van der Waals surface area contributed by atoms with Crippen LogP contribution in [0.15, 0.2) is 12.1 Å². The second-order valence-electron chi connectivity index (χ2n) is 9.24. The molecule has 0 amide bonds. The molecule has 0 aliphatic carbocycles. The number of rotatable bonds is 8. The second kappa shape index (κ2) is 10.2. The number of benzene rings is 1. The fraction of sp³-hybridized carbons (Fsp3) is 0.727. The molecule has 0 aromatic heterocycles. The molecule has 0 saturated heterocycles. The van der Waals surface area contributed by atoms with Gasteiger partial charge >= 0.3 is 188 Å². The summed E-state index contributed by atoms with van der Waals surface area (Å²) in [7, 11) is 2.16. The van der Waals surface area contributed by atoms with E-state index in [1.807, 2.05) is 0 Å². The Bertz CT molecular complexity index is 666. The Kier molecular flexibility index (Phi) is 9.71.